The van der Waals surface area contributed by atoms with Crippen LogP contribution in [0, 0.1) is 0 Å². The molecule has 0 aliphatic heterocycles. The number of carbonyl (C=O) groups is 2. The predicted molar refractivity (Wildman–Crippen MR) is 99.9 cm³/mol. The largest absolute Gasteiger partial charge is 0.493 e. The number of hydrogen-bond donors (Lipinski definition) is 1. The highest BCUT2D eigenvalue weighted by molar-refractivity contribution is 5.81. The Kier molecular flexibility index (Phi) is 6.05. The molecule has 1 N–H and O–H groups in total. The van der Waals surface area contributed by atoms with Crippen molar-refractivity contribution in [1.82, 2.24) is 20.3 Å². The lowest BCUT2D eigenvalue weighted by Crippen LogP contribution is -2.29. The number of esters is 1. The molecule has 0 aliphatic rings. The molecule has 9 heteroatoms. The number of para-hydroxylation sites is 1. The van der Waals surface area contributed by atoms with Crippen molar-refractivity contribution in [2.45, 2.75) is 13.1 Å². The molecule has 0 radical (unpaired) electrons. The van der Waals surface area contributed by atoms with E-state index in [1.54, 1.807) is 31.4 Å². The molecular formula is C19H20N4O5. The average Bonchev–Trinajstić information content (AvgIpc) is 3.13. The van der Waals surface area contributed by atoms with Crippen LogP contribution in [0.2, 0.25) is 0 Å². The highest BCUT2D eigenvalue weighted by atomic mass is 16.5. The van der Waals surface area contributed by atoms with Gasteiger partial charge in [-0.25, -0.2) is 4.68 Å². The summed E-state index contributed by atoms with van der Waals surface area (Å²) in [6.45, 7) is -0.229. The number of nitrogens with zero attached hydrogens (tertiary/aromatic N) is 3. The summed E-state index contributed by atoms with van der Waals surface area (Å²) in [7, 11) is 3.09. The maximum absolute atomic E-state index is 12.0. The molecule has 3 aromatic rings. The molecule has 0 saturated heterocycles. The number of ether oxygens (including phenoxy) is 3. The van der Waals surface area contributed by atoms with Gasteiger partial charge < -0.3 is 19.5 Å². The fraction of sp³-hybridized carbons (Fsp3) is 0.263. The Morgan fingerprint density at radius 3 is 2.64 bits per heavy atom. The number of rotatable bonds is 8. The molecule has 1 aromatic heterocycles. The summed E-state index contributed by atoms with van der Waals surface area (Å²) < 4.78 is 16.8. The van der Waals surface area contributed by atoms with Gasteiger partial charge in [-0.05, 0) is 29.8 Å². The second kappa shape index (κ2) is 8.85. The normalized spacial score (nSPS) is 10.5. The van der Waals surface area contributed by atoms with Gasteiger partial charge in [-0.2, -0.15) is 0 Å². The van der Waals surface area contributed by atoms with Gasteiger partial charge in [0.15, 0.2) is 18.1 Å². The van der Waals surface area contributed by atoms with Crippen molar-refractivity contribution in [3.05, 3.63) is 48.0 Å². The highest BCUT2D eigenvalue weighted by Gasteiger charge is 2.12. The van der Waals surface area contributed by atoms with Crippen LogP contribution < -0.4 is 14.8 Å². The van der Waals surface area contributed by atoms with Crippen LogP contribution in [0.15, 0.2) is 42.5 Å². The van der Waals surface area contributed by atoms with Crippen LogP contribution in [0.1, 0.15) is 5.56 Å². The van der Waals surface area contributed by atoms with E-state index in [1.165, 1.54) is 11.8 Å². The maximum atomic E-state index is 12.0. The number of amides is 1. The van der Waals surface area contributed by atoms with Crippen molar-refractivity contribution in [2.75, 3.05) is 20.8 Å². The molecule has 3 rings (SSSR count). The first-order chi connectivity index (χ1) is 13.6. The Morgan fingerprint density at radius 1 is 1.07 bits per heavy atom. The second-order valence-electron chi connectivity index (χ2n) is 5.86. The highest BCUT2D eigenvalue weighted by Crippen LogP contribution is 2.27. The first kappa shape index (κ1) is 19.2. The lowest BCUT2D eigenvalue weighted by molar-refractivity contribution is -0.149. The first-order valence-electron chi connectivity index (χ1n) is 8.52. The van der Waals surface area contributed by atoms with Crippen molar-refractivity contribution >= 4 is 22.9 Å². The van der Waals surface area contributed by atoms with Crippen LogP contribution >= 0.6 is 0 Å². The van der Waals surface area contributed by atoms with Crippen molar-refractivity contribution in [1.29, 1.82) is 0 Å². The molecule has 1 amide bonds. The predicted octanol–water partition coefficient (Wildman–Crippen LogP) is 1.31. The second-order valence-corrected chi connectivity index (χ2v) is 5.86. The van der Waals surface area contributed by atoms with Crippen LogP contribution in [0.3, 0.4) is 0 Å². The SMILES string of the molecule is COc1ccc(CNC(=O)COC(=O)Cn2nnc3ccccc32)cc1OC. The van der Waals surface area contributed by atoms with Crippen molar-refractivity contribution in [3.8, 4) is 11.5 Å². The number of aromatic nitrogens is 3. The van der Waals surface area contributed by atoms with E-state index in [4.69, 9.17) is 14.2 Å². The number of benzene rings is 2. The summed E-state index contributed by atoms with van der Waals surface area (Å²) in [6.07, 6.45) is 0. The van der Waals surface area contributed by atoms with E-state index < -0.39 is 11.9 Å². The van der Waals surface area contributed by atoms with Crippen molar-refractivity contribution < 1.29 is 23.8 Å². The maximum Gasteiger partial charge on any atom is 0.328 e. The van der Waals surface area contributed by atoms with Gasteiger partial charge in [-0.3, -0.25) is 9.59 Å². The van der Waals surface area contributed by atoms with E-state index in [0.29, 0.717) is 17.0 Å². The first-order valence-corrected chi connectivity index (χ1v) is 8.52. The molecule has 9 nitrogen and oxygen atoms in total. The molecule has 0 atom stereocenters. The minimum atomic E-state index is -0.572. The van der Waals surface area contributed by atoms with Crippen LogP contribution in [0.25, 0.3) is 11.0 Å². The summed E-state index contributed by atoms with van der Waals surface area (Å²) >= 11 is 0. The smallest absolute Gasteiger partial charge is 0.328 e. The molecule has 0 spiro atoms. The molecule has 2 aromatic carbocycles. The Balaban J connectivity index is 1.47. The number of fused-ring (bicyclic) bond motifs is 1. The fourth-order valence-corrected chi connectivity index (χ4v) is 2.59. The van der Waals surface area contributed by atoms with Gasteiger partial charge in [0.1, 0.15) is 12.1 Å². The molecule has 0 unspecified atom stereocenters. The van der Waals surface area contributed by atoms with Crippen LogP contribution in [0.5, 0.6) is 11.5 Å². The van der Waals surface area contributed by atoms with Gasteiger partial charge in [0.25, 0.3) is 5.91 Å². The van der Waals surface area contributed by atoms with E-state index in [-0.39, 0.29) is 19.7 Å². The minimum Gasteiger partial charge on any atom is -0.493 e. The van der Waals surface area contributed by atoms with Gasteiger partial charge in [0.05, 0.1) is 19.7 Å². The van der Waals surface area contributed by atoms with E-state index >= 15 is 0 Å². The van der Waals surface area contributed by atoms with Crippen molar-refractivity contribution in [3.63, 3.8) is 0 Å². The minimum absolute atomic E-state index is 0.122. The van der Waals surface area contributed by atoms with E-state index in [1.807, 2.05) is 18.2 Å². The number of methoxy groups -OCH3 is 2. The molecule has 1 heterocycles. The molecular weight excluding hydrogens is 364 g/mol. The third-order valence-corrected chi connectivity index (χ3v) is 4.00. The molecule has 28 heavy (non-hydrogen) atoms. The quantitative estimate of drug-likeness (QED) is 0.584. The van der Waals surface area contributed by atoms with Crippen LogP contribution in [-0.2, 0) is 27.4 Å². The lowest BCUT2D eigenvalue weighted by Gasteiger charge is -2.10. The molecule has 0 saturated carbocycles. The zero-order valence-corrected chi connectivity index (χ0v) is 15.5. The number of nitrogens with one attached hydrogen (secondary N) is 1. The standard InChI is InChI=1S/C19H20N4O5/c1-26-16-8-7-13(9-17(16)27-2)10-20-18(24)12-28-19(25)11-23-15-6-4-3-5-14(15)21-22-23/h3-9H,10-12H2,1-2H3,(H,20,24). The number of carbonyl (C=O) groups excluding carboxylic acids is 2. The zero-order chi connectivity index (χ0) is 19.9. The molecule has 0 aliphatic carbocycles. The number of hydrogen-bond acceptors (Lipinski definition) is 7. The molecule has 146 valence electrons. The summed E-state index contributed by atoms with van der Waals surface area (Å²) in [6, 6.07) is 12.6. The van der Waals surface area contributed by atoms with Crippen LogP contribution in [0.4, 0.5) is 0 Å². The molecule has 0 bridgehead atoms. The summed E-state index contributed by atoms with van der Waals surface area (Å²) in [5, 5.41) is 10.6. The Labute approximate surface area is 161 Å². The van der Waals surface area contributed by atoms with E-state index in [2.05, 4.69) is 15.6 Å². The Hall–Kier alpha value is -3.62. The third kappa shape index (κ3) is 4.56. The van der Waals surface area contributed by atoms with Crippen molar-refractivity contribution in [2.24, 2.45) is 0 Å². The Morgan fingerprint density at radius 2 is 1.86 bits per heavy atom. The third-order valence-electron chi connectivity index (χ3n) is 4.00. The van der Waals surface area contributed by atoms with Crippen LogP contribution in [-0.4, -0.2) is 47.7 Å². The topological polar surface area (TPSA) is 105 Å². The van der Waals surface area contributed by atoms with Gasteiger partial charge in [0, 0.05) is 6.54 Å². The van der Waals surface area contributed by atoms with Gasteiger partial charge in [-0.1, -0.05) is 23.4 Å². The monoisotopic (exact) mass is 384 g/mol. The summed E-state index contributed by atoms with van der Waals surface area (Å²) in [5.41, 5.74) is 2.23. The van der Waals surface area contributed by atoms with Gasteiger partial charge in [-0.15, -0.1) is 5.10 Å². The Bertz CT molecular complexity index is 985. The molecule has 0 fully saturated rings. The van der Waals surface area contributed by atoms with E-state index in [9.17, 15) is 9.59 Å². The average molecular weight is 384 g/mol. The zero-order valence-electron chi connectivity index (χ0n) is 15.5. The van der Waals surface area contributed by atoms with Gasteiger partial charge >= 0.3 is 5.97 Å². The fourth-order valence-electron chi connectivity index (χ4n) is 2.59. The van der Waals surface area contributed by atoms with Gasteiger partial charge in [0.2, 0.25) is 0 Å². The van der Waals surface area contributed by atoms with E-state index in [0.717, 1.165) is 11.1 Å². The summed E-state index contributed by atoms with van der Waals surface area (Å²) in [5.74, 6) is 0.191. The lowest BCUT2D eigenvalue weighted by atomic mass is 10.2. The summed E-state index contributed by atoms with van der Waals surface area (Å²) in [4.78, 5) is 23.9.